The maximum absolute atomic E-state index is 4.07. The summed E-state index contributed by atoms with van der Waals surface area (Å²) in [6, 6.07) is 13.6. The molecule has 3 rings (SSSR count). The third-order valence-corrected chi connectivity index (χ3v) is 4.34. The van der Waals surface area contributed by atoms with Crippen LogP contribution in [0, 0.1) is 0 Å². The van der Waals surface area contributed by atoms with E-state index in [-0.39, 0.29) is 0 Å². The van der Waals surface area contributed by atoms with E-state index in [0.29, 0.717) is 12.0 Å². The van der Waals surface area contributed by atoms with Gasteiger partial charge in [-0.1, -0.05) is 25.1 Å². The Kier molecular flexibility index (Phi) is 3.24. The molecule has 0 fully saturated rings. The Bertz CT molecular complexity index is 550. The van der Waals surface area contributed by atoms with Crippen LogP contribution in [0.4, 0.5) is 5.69 Å². The highest BCUT2D eigenvalue weighted by molar-refractivity contribution is 5.61. The molecule has 0 aliphatic carbocycles. The van der Waals surface area contributed by atoms with E-state index in [2.05, 4.69) is 60.1 Å². The van der Waals surface area contributed by atoms with Gasteiger partial charge < -0.3 is 4.90 Å². The van der Waals surface area contributed by atoms with Crippen LogP contribution < -0.4 is 4.90 Å². The van der Waals surface area contributed by atoms with Gasteiger partial charge in [-0.2, -0.15) is 0 Å². The summed E-state index contributed by atoms with van der Waals surface area (Å²) < 4.78 is 0. The molecule has 1 aliphatic heterocycles. The highest BCUT2D eigenvalue weighted by Crippen LogP contribution is 2.40. The largest absolute Gasteiger partial charge is 0.368 e. The number of aromatic nitrogens is 1. The fourth-order valence-corrected chi connectivity index (χ4v) is 3.01. The second kappa shape index (κ2) is 5.04. The highest BCUT2D eigenvalue weighted by atomic mass is 15.2. The molecule has 2 aromatic rings. The average Bonchev–Trinajstić information content (AvgIpc) is 2.71. The first-order valence-electron chi connectivity index (χ1n) is 7.02. The summed E-state index contributed by atoms with van der Waals surface area (Å²) in [5, 5.41) is 0. The number of fused-ring (bicyclic) bond motifs is 1. The van der Waals surface area contributed by atoms with Crippen LogP contribution in [0.15, 0.2) is 48.8 Å². The first-order chi connectivity index (χ1) is 9.27. The van der Waals surface area contributed by atoms with Crippen molar-refractivity contribution in [3.05, 3.63) is 59.9 Å². The molecular weight excluding hydrogens is 232 g/mol. The number of hydrogen-bond acceptors (Lipinski definition) is 2. The Balaban J connectivity index is 1.78. The van der Waals surface area contributed by atoms with Crippen LogP contribution in [0.25, 0.3) is 0 Å². The van der Waals surface area contributed by atoms with Gasteiger partial charge in [-0.3, -0.25) is 4.98 Å². The summed E-state index contributed by atoms with van der Waals surface area (Å²) in [5.74, 6) is 0.619. The fourth-order valence-electron chi connectivity index (χ4n) is 3.01. The minimum absolute atomic E-state index is 0.583. The maximum Gasteiger partial charge on any atom is 0.0405 e. The Labute approximate surface area is 115 Å². The van der Waals surface area contributed by atoms with Crippen molar-refractivity contribution in [1.29, 1.82) is 0 Å². The molecule has 19 heavy (non-hydrogen) atoms. The minimum Gasteiger partial charge on any atom is -0.368 e. The van der Waals surface area contributed by atoms with E-state index >= 15 is 0 Å². The summed E-state index contributed by atoms with van der Waals surface area (Å²) in [5.41, 5.74) is 4.26. The van der Waals surface area contributed by atoms with Crippen LogP contribution in [0.1, 0.15) is 30.9 Å². The van der Waals surface area contributed by atoms with E-state index in [1.807, 2.05) is 12.4 Å². The molecule has 0 saturated heterocycles. The zero-order valence-electron chi connectivity index (χ0n) is 11.6. The number of rotatable bonds is 3. The van der Waals surface area contributed by atoms with Crippen LogP contribution >= 0.6 is 0 Å². The lowest BCUT2D eigenvalue weighted by Crippen LogP contribution is -2.32. The zero-order valence-corrected chi connectivity index (χ0v) is 11.6. The van der Waals surface area contributed by atoms with Gasteiger partial charge >= 0.3 is 0 Å². The van der Waals surface area contributed by atoms with Crippen LogP contribution in [0.3, 0.4) is 0 Å². The molecule has 2 nitrogen and oxygen atoms in total. The second-order valence-corrected chi connectivity index (χ2v) is 5.39. The molecule has 98 valence electrons. The first-order valence-corrected chi connectivity index (χ1v) is 7.02. The molecular formula is C17H20N2. The van der Waals surface area contributed by atoms with E-state index in [4.69, 9.17) is 0 Å². The van der Waals surface area contributed by atoms with Crippen molar-refractivity contribution >= 4 is 5.69 Å². The first kappa shape index (κ1) is 12.2. The lowest BCUT2D eigenvalue weighted by molar-refractivity contribution is 0.592. The van der Waals surface area contributed by atoms with Gasteiger partial charge in [0.05, 0.1) is 0 Å². The molecule has 0 N–H and O–H groups in total. The van der Waals surface area contributed by atoms with Crippen LogP contribution in [-0.2, 0) is 6.42 Å². The topological polar surface area (TPSA) is 16.1 Å². The summed E-state index contributed by atoms with van der Waals surface area (Å²) in [6.07, 6.45) is 4.83. The molecule has 1 aliphatic rings. The Morgan fingerprint density at radius 3 is 2.58 bits per heavy atom. The SMILES string of the molecule is CC1c2ccccc2N(CCc2ccncc2)C1C. The lowest BCUT2D eigenvalue weighted by Gasteiger charge is -2.26. The van der Waals surface area contributed by atoms with Crippen molar-refractivity contribution in [2.24, 2.45) is 0 Å². The summed E-state index contributed by atoms with van der Waals surface area (Å²) >= 11 is 0. The third kappa shape index (κ3) is 2.23. The molecule has 0 spiro atoms. The minimum atomic E-state index is 0.583. The summed E-state index contributed by atoms with van der Waals surface area (Å²) in [6.45, 7) is 5.74. The number of hydrogen-bond donors (Lipinski definition) is 0. The molecule has 1 aromatic heterocycles. The number of benzene rings is 1. The monoisotopic (exact) mass is 252 g/mol. The normalized spacial score (nSPS) is 21.5. The second-order valence-electron chi connectivity index (χ2n) is 5.39. The number of pyridine rings is 1. The van der Waals surface area contributed by atoms with E-state index < -0.39 is 0 Å². The van der Waals surface area contributed by atoms with Gasteiger partial charge in [0, 0.05) is 36.6 Å². The number of anilines is 1. The molecule has 0 radical (unpaired) electrons. The van der Waals surface area contributed by atoms with Crippen molar-refractivity contribution in [3.63, 3.8) is 0 Å². The Morgan fingerprint density at radius 1 is 1.05 bits per heavy atom. The highest BCUT2D eigenvalue weighted by Gasteiger charge is 2.31. The number of para-hydroxylation sites is 1. The predicted molar refractivity (Wildman–Crippen MR) is 79.6 cm³/mol. The third-order valence-electron chi connectivity index (χ3n) is 4.34. The molecule has 2 atom stereocenters. The van der Waals surface area contributed by atoms with Gasteiger partial charge in [-0.15, -0.1) is 0 Å². The molecule has 2 unspecified atom stereocenters. The summed E-state index contributed by atoms with van der Waals surface area (Å²) in [4.78, 5) is 6.62. The van der Waals surface area contributed by atoms with Gasteiger partial charge in [-0.25, -0.2) is 0 Å². The van der Waals surface area contributed by atoms with E-state index in [9.17, 15) is 0 Å². The van der Waals surface area contributed by atoms with E-state index in [1.165, 1.54) is 16.8 Å². The Morgan fingerprint density at radius 2 is 1.79 bits per heavy atom. The van der Waals surface area contributed by atoms with Gasteiger partial charge in [0.2, 0.25) is 0 Å². The number of nitrogens with zero attached hydrogens (tertiary/aromatic N) is 2. The molecule has 0 saturated carbocycles. The van der Waals surface area contributed by atoms with E-state index in [0.717, 1.165) is 13.0 Å². The summed E-state index contributed by atoms with van der Waals surface area (Å²) in [7, 11) is 0. The maximum atomic E-state index is 4.07. The van der Waals surface area contributed by atoms with Gasteiger partial charge in [-0.05, 0) is 42.7 Å². The lowest BCUT2D eigenvalue weighted by atomic mass is 9.98. The molecule has 0 bridgehead atoms. The van der Waals surface area contributed by atoms with Gasteiger partial charge in [0.1, 0.15) is 0 Å². The van der Waals surface area contributed by atoms with E-state index in [1.54, 1.807) is 0 Å². The van der Waals surface area contributed by atoms with Crippen LogP contribution in [0.5, 0.6) is 0 Å². The van der Waals surface area contributed by atoms with Crippen LogP contribution in [0.2, 0.25) is 0 Å². The van der Waals surface area contributed by atoms with Crippen molar-refractivity contribution in [3.8, 4) is 0 Å². The molecule has 0 amide bonds. The van der Waals surface area contributed by atoms with Crippen molar-refractivity contribution in [2.45, 2.75) is 32.2 Å². The van der Waals surface area contributed by atoms with Gasteiger partial charge in [0.15, 0.2) is 0 Å². The predicted octanol–water partition coefficient (Wildman–Crippen LogP) is 3.64. The molecule has 1 aromatic carbocycles. The average molecular weight is 252 g/mol. The smallest absolute Gasteiger partial charge is 0.0405 e. The van der Waals surface area contributed by atoms with Crippen molar-refractivity contribution in [1.82, 2.24) is 4.98 Å². The fraction of sp³-hybridized carbons (Fsp3) is 0.353. The zero-order chi connectivity index (χ0) is 13.2. The Hall–Kier alpha value is -1.83. The molecule has 2 heterocycles. The standard InChI is InChI=1S/C17H20N2/c1-13-14(2)19(17-6-4-3-5-16(13)17)12-9-15-7-10-18-11-8-15/h3-8,10-11,13-14H,9,12H2,1-2H3. The van der Waals surface area contributed by atoms with Crippen molar-refractivity contribution < 1.29 is 0 Å². The molecule has 2 heteroatoms. The van der Waals surface area contributed by atoms with Crippen LogP contribution in [-0.4, -0.2) is 17.6 Å². The quantitative estimate of drug-likeness (QED) is 0.829. The van der Waals surface area contributed by atoms with Gasteiger partial charge in [0.25, 0.3) is 0 Å². The van der Waals surface area contributed by atoms with Crippen molar-refractivity contribution in [2.75, 3.05) is 11.4 Å².